The number of piperazine rings is 1. The zero-order valence-corrected chi connectivity index (χ0v) is 14.0. The van der Waals surface area contributed by atoms with E-state index in [0.717, 1.165) is 38.3 Å². The summed E-state index contributed by atoms with van der Waals surface area (Å²) in [7, 11) is 1.55. The minimum Gasteiger partial charge on any atom is -0.504 e. The summed E-state index contributed by atoms with van der Waals surface area (Å²) < 4.78 is 5.12. The molecule has 24 heavy (non-hydrogen) atoms. The number of hydrazone groups is 1. The molecule has 5 nitrogen and oxygen atoms in total. The average Bonchev–Trinajstić information content (AvgIpc) is 2.63. The van der Waals surface area contributed by atoms with Crippen LogP contribution in [0.2, 0.25) is 0 Å². The molecule has 1 fully saturated rings. The van der Waals surface area contributed by atoms with Crippen LogP contribution in [0.15, 0.2) is 53.6 Å². The van der Waals surface area contributed by atoms with Gasteiger partial charge in [0.15, 0.2) is 11.5 Å². The van der Waals surface area contributed by atoms with E-state index in [-0.39, 0.29) is 5.75 Å². The van der Waals surface area contributed by atoms with Crippen LogP contribution in [0.25, 0.3) is 0 Å². The average molecular weight is 326 g/mol. The highest BCUT2D eigenvalue weighted by molar-refractivity contribution is 5.80. The number of hydrogen-bond donors (Lipinski definition) is 2. The number of methoxy groups -OCH3 is 1. The molecule has 0 radical (unpaired) electrons. The molecule has 2 N–H and O–H groups in total. The molecule has 0 unspecified atom stereocenters. The van der Waals surface area contributed by atoms with Gasteiger partial charge in [-0.25, -0.2) is 0 Å². The number of nitrogens with zero attached hydrogens (tertiary/aromatic N) is 2. The molecular weight excluding hydrogens is 302 g/mol. The summed E-state index contributed by atoms with van der Waals surface area (Å²) in [6.07, 6.45) is 1.82. The third-order valence-corrected chi connectivity index (χ3v) is 4.32. The Kier molecular flexibility index (Phi) is 5.33. The lowest BCUT2D eigenvalue weighted by atomic mass is 10.2. The molecule has 1 aliphatic rings. The molecule has 0 atom stereocenters. The maximum Gasteiger partial charge on any atom is 0.161 e. The van der Waals surface area contributed by atoms with Gasteiger partial charge in [-0.3, -0.25) is 5.01 Å². The van der Waals surface area contributed by atoms with Gasteiger partial charge < -0.3 is 14.7 Å². The summed E-state index contributed by atoms with van der Waals surface area (Å²) in [6, 6.07) is 15.9. The summed E-state index contributed by atoms with van der Waals surface area (Å²) in [5.74, 6) is 0.615. The van der Waals surface area contributed by atoms with Crippen LogP contribution in [0.1, 0.15) is 11.1 Å². The highest BCUT2D eigenvalue weighted by atomic mass is 16.5. The van der Waals surface area contributed by atoms with Gasteiger partial charge in [0, 0.05) is 5.56 Å². The van der Waals surface area contributed by atoms with E-state index in [0.29, 0.717) is 5.75 Å². The van der Waals surface area contributed by atoms with Crippen LogP contribution in [0, 0.1) is 0 Å². The van der Waals surface area contributed by atoms with Crippen molar-refractivity contribution in [2.75, 3.05) is 33.3 Å². The molecule has 0 bridgehead atoms. The minimum absolute atomic E-state index is 0.146. The van der Waals surface area contributed by atoms with Gasteiger partial charge in [0.2, 0.25) is 0 Å². The van der Waals surface area contributed by atoms with Crippen molar-refractivity contribution in [2.45, 2.75) is 6.54 Å². The van der Waals surface area contributed by atoms with Crippen LogP contribution in [0.5, 0.6) is 11.5 Å². The van der Waals surface area contributed by atoms with Gasteiger partial charge in [-0.1, -0.05) is 30.3 Å². The van der Waals surface area contributed by atoms with E-state index in [1.54, 1.807) is 24.1 Å². The van der Waals surface area contributed by atoms with Gasteiger partial charge >= 0.3 is 0 Å². The molecule has 5 heteroatoms. The zero-order valence-electron chi connectivity index (χ0n) is 14.0. The van der Waals surface area contributed by atoms with Gasteiger partial charge in [0.05, 0.1) is 39.5 Å². The largest absolute Gasteiger partial charge is 0.504 e. The lowest BCUT2D eigenvalue weighted by Gasteiger charge is -2.30. The maximum atomic E-state index is 9.62. The zero-order chi connectivity index (χ0) is 16.8. The monoisotopic (exact) mass is 326 g/mol. The second kappa shape index (κ2) is 7.84. The number of hydrogen-bond acceptors (Lipinski definition) is 4. The molecule has 3 rings (SSSR count). The topological polar surface area (TPSA) is 49.5 Å². The summed E-state index contributed by atoms with van der Waals surface area (Å²) >= 11 is 0. The summed E-state index contributed by atoms with van der Waals surface area (Å²) in [5.41, 5.74) is 2.31. The van der Waals surface area contributed by atoms with Crippen molar-refractivity contribution in [1.29, 1.82) is 0 Å². The number of nitrogens with one attached hydrogen (secondary N) is 1. The van der Waals surface area contributed by atoms with Gasteiger partial charge in [0.25, 0.3) is 0 Å². The third kappa shape index (κ3) is 4.26. The Bertz CT molecular complexity index is 680. The standard InChI is InChI=1S/C19H23N3O2/c1-24-19-13-17(7-8-18(19)23)14-20-22-11-9-21(10-12-22)15-16-5-3-2-4-6-16/h2-8,13-14,23H,9-12,15H2,1H3/p+1. The molecule has 0 saturated carbocycles. The molecule has 0 spiro atoms. The van der Waals surface area contributed by atoms with Crippen molar-refractivity contribution < 1.29 is 14.7 Å². The Hall–Kier alpha value is -2.53. The molecule has 0 aromatic heterocycles. The number of phenols is 1. The summed E-state index contributed by atoms with van der Waals surface area (Å²) in [5, 5.41) is 16.3. The SMILES string of the molecule is COc1cc(C=NN2CC[NH+](Cc3ccccc3)CC2)ccc1O. The maximum absolute atomic E-state index is 9.62. The molecule has 126 valence electrons. The van der Waals surface area contributed by atoms with E-state index in [2.05, 4.69) is 40.4 Å². The van der Waals surface area contributed by atoms with Crippen molar-refractivity contribution in [2.24, 2.45) is 5.10 Å². The summed E-state index contributed by atoms with van der Waals surface area (Å²) in [4.78, 5) is 1.60. The van der Waals surface area contributed by atoms with Crippen molar-refractivity contribution in [3.63, 3.8) is 0 Å². The fourth-order valence-electron chi connectivity index (χ4n) is 2.91. The van der Waals surface area contributed by atoms with Gasteiger partial charge in [-0.05, 0) is 23.8 Å². The smallest absolute Gasteiger partial charge is 0.161 e. The number of benzene rings is 2. The fraction of sp³-hybridized carbons (Fsp3) is 0.316. The Labute approximate surface area is 142 Å². The van der Waals surface area contributed by atoms with E-state index < -0.39 is 0 Å². The van der Waals surface area contributed by atoms with E-state index >= 15 is 0 Å². The molecule has 2 aromatic rings. The van der Waals surface area contributed by atoms with E-state index in [1.807, 2.05) is 12.3 Å². The second-order valence-corrected chi connectivity index (χ2v) is 6.04. The van der Waals surface area contributed by atoms with Gasteiger partial charge in [-0.15, -0.1) is 0 Å². The van der Waals surface area contributed by atoms with Gasteiger partial charge in [-0.2, -0.15) is 5.10 Å². The normalized spacial score (nSPS) is 15.8. The summed E-state index contributed by atoms with van der Waals surface area (Å²) in [6.45, 7) is 5.16. The van der Waals surface area contributed by atoms with Crippen LogP contribution in [0.3, 0.4) is 0 Å². The van der Waals surface area contributed by atoms with Crippen molar-refractivity contribution in [1.82, 2.24) is 5.01 Å². The molecule has 1 heterocycles. The first-order valence-corrected chi connectivity index (χ1v) is 8.28. The number of quaternary nitrogens is 1. The lowest BCUT2D eigenvalue weighted by molar-refractivity contribution is -0.918. The first-order valence-electron chi connectivity index (χ1n) is 8.28. The van der Waals surface area contributed by atoms with Crippen LogP contribution < -0.4 is 9.64 Å². The van der Waals surface area contributed by atoms with E-state index in [4.69, 9.17) is 4.74 Å². The number of rotatable bonds is 5. The molecule has 2 aromatic carbocycles. The Balaban J connectivity index is 1.51. The van der Waals surface area contributed by atoms with Crippen LogP contribution in [-0.4, -0.2) is 49.6 Å². The predicted molar refractivity (Wildman–Crippen MR) is 94.7 cm³/mol. The first kappa shape index (κ1) is 16.3. The molecule has 0 amide bonds. The molecule has 1 aliphatic heterocycles. The van der Waals surface area contributed by atoms with Gasteiger partial charge in [0.1, 0.15) is 6.54 Å². The second-order valence-electron chi connectivity index (χ2n) is 6.04. The number of aromatic hydroxyl groups is 1. The lowest BCUT2D eigenvalue weighted by Crippen LogP contribution is -3.13. The number of ether oxygens (including phenoxy) is 1. The third-order valence-electron chi connectivity index (χ3n) is 4.32. The number of phenolic OH excluding ortho intramolecular Hbond substituents is 1. The van der Waals surface area contributed by atoms with E-state index in [9.17, 15) is 5.11 Å². The molecular formula is C19H24N3O2+. The predicted octanol–water partition coefficient (Wildman–Crippen LogP) is 1.14. The quantitative estimate of drug-likeness (QED) is 0.810. The van der Waals surface area contributed by atoms with E-state index in [1.165, 1.54) is 5.56 Å². The highest BCUT2D eigenvalue weighted by Crippen LogP contribution is 2.25. The fourth-order valence-corrected chi connectivity index (χ4v) is 2.91. The van der Waals surface area contributed by atoms with Crippen LogP contribution in [-0.2, 0) is 6.54 Å². The Morgan fingerprint density at radius 1 is 1.17 bits per heavy atom. The minimum atomic E-state index is 0.146. The van der Waals surface area contributed by atoms with Crippen molar-refractivity contribution in [3.05, 3.63) is 59.7 Å². The molecule has 0 aliphatic carbocycles. The van der Waals surface area contributed by atoms with Crippen LogP contribution >= 0.6 is 0 Å². The highest BCUT2D eigenvalue weighted by Gasteiger charge is 2.18. The Morgan fingerprint density at radius 3 is 2.62 bits per heavy atom. The first-order chi connectivity index (χ1) is 11.7. The van der Waals surface area contributed by atoms with Crippen molar-refractivity contribution in [3.8, 4) is 11.5 Å². The molecule has 1 saturated heterocycles. The van der Waals surface area contributed by atoms with Crippen molar-refractivity contribution >= 4 is 6.21 Å². The van der Waals surface area contributed by atoms with Crippen LogP contribution in [0.4, 0.5) is 0 Å². The Morgan fingerprint density at radius 2 is 1.92 bits per heavy atom.